The van der Waals surface area contributed by atoms with Crippen LogP contribution in [0.5, 0.6) is 11.5 Å². The fourth-order valence-corrected chi connectivity index (χ4v) is 1.30. The number of hydrogen-bond donors (Lipinski definition) is 0. The molecule has 1 aromatic carbocycles. The molecule has 0 aromatic heterocycles. The van der Waals surface area contributed by atoms with E-state index in [1.165, 1.54) is 32.2 Å². The number of nitrogens with zero attached hydrogens (tertiary/aromatic N) is 1. The quantitative estimate of drug-likeness (QED) is 0.602. The molecule has 0 unspecified atom stereocenters. The Bertz CT molecular complexity index is 474. The zero-order valence-electron chi connectivity index (χ0n) is 9.72. The predicted octanol–water partition coefficient (Wildman–Crippen LogP) is 2.93. The maximum Gasteiger partial charge on any atom is 0.387 e. The third-order valence-electron chi connectivity index (χ3n) is 2.09. The largest absolute Gasteiger partial charge is 0.493 e. The van der Waals surface area contributed by atoms with E-state index in [4.69, 9.17) is 4.74 Å². The van der Waals surface area contributed by atoms with Crippen LogP contribution in [-0.4, -0.2) is 18.6 Å². The van der Waals surface area contributed by atoms with Crippen molar-refractivity contribution in [2.24, 2.45) is 0 Å². The van der Waals surface area contributed by atoms with Gasteiger partial charge in [-0.25, -0.2) is 0 Å². The smallest absolute Gasteiger partial charge is 0.387 e. The first-order valence-corrected chi connectivity index (χ1v) is 4.90. The number of methoxy groups -OCH3 is 1. The molecule has 0 atom stereocenters. The van der Waals surface area contributed by atoms with E-state index < -0.39 is 11.5 Å². The molecule has 0 heterocycles. The molecule has 1 rings (SSSR count). The minimum Gasteiger partial charge on any atom is -0.493 e. The average molecular weight is 259 g/mol. The number of alkyl halides is 2. The number of para-hydroxylation sites is 1. The Hall–Kier alpha value is -2.18. The van der Waals surface area contributed by atoms with Gasteiger partial charge in [-0.15, -0.1) is 0 Å². The first-order valence-electron chi connectivity index (χ1n) is 4.90. The highest BCUT2D eigenvalue weighted by Gasteiger charge is 2.15. The molecule has 0 N–H and O–H groups in total. The van der Waals surface area contributed by atoms with E-state index in [0.717, 1.165) is 6.08 Å². The second-order valence-electron chi connectivity index (χ2n) is 3.30. The third kappa shape index (κ3) is 3.41. The Morgan fingerprint density at radius 2 is 2.17 bits per heavy atom. The first-order chi connectivity index (χ1) is 8.45. The standard InChI is InChI=1S/C11H11F2NO4/c1-7(14(15)16)6-8-4-3-5-9(17-2)10(8)18-11(12)13/h3-6,11H,1-2H3. The summed E-state index contributed by atoms with van der Waals surface area (Å²) in [6, 6.07) is 4.38. The van der Waals surface area contributed by atoms with Crippen molar-refractivity contribution in [3.8, 4) is 11.5 Å². The van der Waals surface area contributed by atoms with Crippen LogP contribution in [0, 0.1) is 10.1 Å². The van der Waals surface area contributed by atoms with Gasteiger partial charge in [-0.2, -0.15) is 8.78 Å². The van der Waals surface area contributed by atoms with Gasteiger partial charge in [-0.05, 0) is 6.07 Å². The number of allylic oxidation sites excluding steroid dienone is 1. The molecule has 1 aromatic rings. The highest BCUT2D eigenvalue weighted by Crippen LogP contribution is 2.33. The molecule has 0 bridgehead atoms. The van der Waals surface area contributed by atoms with Gasteiger partial charge < -0.3 is 9.47 Å². The summed E-state index contributed by atoms with van der Waals surface area (Å²) in [7, 11) is 1.29. The van der Waals surface area contributed by atoms with Crippen molar-refractivity contribution >= 4 is 6.08 Å². The van der Waals surface area contributed by atoms with Crippen LogP contribution in [0.3, 0.4) is 0 Å². The number of rotatable bonds is 5. The molecule has 5 nitrogen and oxygen atoms in total. The summed E-state index contributed by atoms with van der Waals surface area (Å²) >= 11 is 0. The van der Waals surface area contributed by atoms with Gasteiger partial charge >= 0.3 is 6.61 Å². The van der Waals surface area contributed by atoms with E-state index in [1.807, 2.05) is 0 Å². The molecule has 0 saturated heterocycles. The molecular weight excluding hydrogens is 248 g/mol. The molecule has 0 amide bonds. The van der Waals surface area contributed by atoms with E-state index in [9.17, 15) is 18.9 Å². The Labute approximate surface area is 102 Å². The van der Waals surface area contributed by atoms with E-state index in [0.29, 0.717) is 0 Å². The fourth-order valence-electron chi connectivity index (χ4n) is 1.30. The molecular formula is C11H11F2NO4. The van der Waals surface area contributed by atoms with Gasteiger partial charge in [0.05, 0.1) is 12.0 Å². The molecule has 7 heteroatoms. The zero-order chi connectivity index (χ0) is 13.7. The summed E-state index contributed by atoms with van der Waals surface area (Å²) in [4.78, 5) is 9.89. The highest BCUT2D eigenvalue weighted by atomic mass is 19.3. The molecule has 0 saturated carbocycles. The Kier molecular flexibility index (Phi) is 4.59. The summed E-state index contributed by atoms with van der Waals surface area (Å²) in [5.74, 6) is -0.142. The Morgan fingerprint density at radius 1 is 1.50 bits per heavy atom. The maximum atomic E-state index is 12.3. The van der Waals surface area contributed by atoms with Crippen LogP contribution in [0.25, 0.3) is 6.08 Å². The van der Waals surface area contributed by atoms with E-state index in [-0.39, 0.29) is 22.8 Å². The average Bonchev–Trinajstić information content (AvgIpc) is 2.30. The Morgan fingerprint density at radius 3 is 2.67 bits per heavy atom. The molecule has 18 heavy (non-hydrogen) atoms. The minimum atomic E-state index is -3.04. The second kappa shape index (κ2) is 5.95. The van der Waals surface area contributed by atoms with E-state index in [2.05, 4.69) is 4.74 Å². The van der Waals surface area contributed by atoms with Gasteiger partial charge in [0.25, 0.3) is 0 Å². The fraction of sp³-hybridized carbons (Fsp3) is 0.273. The molecule has 0 fully saturated rings. The van der Waals surface area contributed by atoms with Gasteiger partial charge in [0.2, 0.25) is 5.70 Å². The summed E-state index contributed by atoms with van der Waals surface area (Å²) < 4.78 is 33.8. The summed E-state index contributed by atoms with van der Waals surface area (Å²) in [5.41, 5.74) is -0.0359. The number of nitro groups is 1. The van der Waals surface area contributed by atoms with Crippen molar-refractivity contribution in [2.75, 3.05) is 7.11 Å². The van der Waals surface area contributed by atoms with Gasteiger partial charge in [-0.3, -0.25) is 10.1 Å². The van der Waals surface area contributed by atoms with Crippen LogP contribution in [0.15, 0.2) is 23.9 Å². The highest BCUT2D eigenvalue weighted by molar-refractivity contribution is 5.63. The lowest BCUT2D eigenvalue weighted by atomic mass is 10.1. The van der Waals surface area contributed by atoms with E-state index in [1.54, 1.807) is 0 Å². The number of benzene rings is 1. The first kappa shape index (κ1) is 13.9. The summed E-state index contributed by atoms with van der Waals surface area (Å²) in [6.45, 7) is -1.78. The van der Waals surface area contributed by atoms with Gasteiger partial charge in [0.1, 0.15) is 0 Å². The lowest BCUT2D eigenvalue weighted by molar-refractivity contribution is -0.422. The zero-order valence-corrected chi connectivity index (χ0v) is 9.72. The number of halogens is 2. The summed E-state index contributed by atoms with van der Waals surface area (Å²) in [6.07, 6.45) is 1.14. The molecule has 0 aliphatic carbocycles. The minimum absolute atomic E-state index is 0.0835. The lowest BCUT2D eigenvalue weighted by Crippen LogP contribution is -2.05. The third-order valence-corrected chi connectivity index (χ3v) is 2.09. The van der Waals surface area contributed by atoms with Crippen molar-refractivity contribution in [1.82, 2.24) is 0 Å². The molecule has 0 radical (unpaired) electrons. The molecule has 98 valence electrons. The molecule has 0 aliphatic rings. The van der Waals surface area contributed by atoms with Crippen LogP contribution in [-0.2, 0) is 0 Å². The summed E-state index contributed by atoms with van der Waals surface area (Å²) in [5, 5.41) is 10.5. The van der Waals surface area contributed by atoms with Crippen LogP contribution in [0.4, 0.5) is 8.78 Å². The van der Waals surface area contributed by atoms with Crippen molar-refractivity contribution < 1.29 is 23.2 Å². The second-order valence-corrected chi connectivity index (χ2v) is 3.30. The van der Waals surface area contributed by atoms with E-state index >= 15 is 0 Å². The van der Waals surface area contributed by atoms with Crippen molar-refractivity contribution in [3.05, 3.63) is 39.6 Å². The maximum absolute atomic E-state index is 12.3. The van der Waals surface area contributed by atoms with Crippen molar-refractivity contribution in [2.45, 2.75) is 13.5 Å². The van der Waals surface area contributed by atoms with Gasteiger partial charge in [0, 0.05) is 18.6 Å². The van der Waals surface area contributed by atoms with Crippen LogP contribution >= 0.6 is 0 Å². The van der Waals surface area contributed by atoms with Crippen molar-refractivity contribution in [3.63, 3.8) is 0 Å². The number of hydrogen-bond acceptors (Lipinski definition) is 4. The Balaban J connectivity index is 3.25. The molecule has 0 spiro atoms. The SMILES string of the molecule is COc1cccc(C=C(C)[N+](=O)[O-])c1OC(F)F. The van der Waals surface area contributed by atoms with Gasteiger partial charge in [-0.1, -0.05) is 12.1 Å². The number of ether oxygens (including phenoxy) is 2. The van der Waals surface area contributed by atoms with Crippen molar-refractivity contribution in [1.29, 1.82) is 0 Å². The normalized spacial score (nSPS) is 11.5. The predicted molar refractivity (Wildman–Crippen MR) is 60.3 cm³/mol. The topological polar surface area (TPSA) is 61.6 Å². The monoisotopic (exact) mass is 259 g/mol. The lowest BCUT2D eigenvalue weighted by Gasteiger charge is -2.12. The van der Waals surface area contributed by atoms with Crippen LogP contribution in [0.2, 0.25) is 0 Å². The van der Waals surface area contributed by atoms with Crippen LogP contribution < -0.4 is 9.47 Å². The van der Waals surface area contributed by atoms with Gasteiger partial charge in [0.15, 0.2) is 11.5 Å². The molecule has 0 aliphatic heterocycles. The van der Waals surface area contributed by atoms with Crippen LogP contribution in [0.1, 0.15) is 12.5 Å².